The maximum atomic E-state index is 12.0. The molecule has 8 heteroatoms. The molecule has 0 atom stereocenters. The molecule has 1 aromatic heterocycles. The Hall–Kier alpha value is -4.14. The number of hydrogen-bond acceptors (Lipinski definition) is 6. The van der Waals surface area contributed by atoms with E-state index in [4.69, 9.17) is 29.8 Å². The lowest BCUT2D eigenvalue weighted by Gasteiger charge is -2.30. The molecule has 0 spiro atoms. The molecule has 0 aliphatic carbocycles. The van der Waals surface area contributed by atoms with Crippen molar-refractivity contribution < 1.29 is 23.7 Å². The molecule has 4 aromatic rings. The summed E-state index contributed by atoms with van der Waals surface area (Å²) in [6.45, 7) is 1.82. The van der Waals surface area contributed by atoms with Gasteiger partial charge in [0.05, 0.1) is 25.6 Å². The van der Waals surface area contributed by atoms with E-state index in [-0.39, 0.29) is 0 Å². The lowest BCUT2D eigenvalue weighted by Crippen LogP contribution is -2.33. The molecule has 0 bridgehead atoms. The fourth-order valence-corrected chi connectivity index (χ4v) is 4.20. The summed E-state index contributed by atoms with van der Waals surface area (Å²) < 4.78 is 24.4. The van der Waals surface area contributed by atoms with Gasteiger partial charge >= 0.3 is 0 Å². The number of aromatic nitrogens is 2. The Labute approximate surface area is 210 Å². The van der Waals surface area contributed by atoms with Crippen molar-refractivity contribution >= 4 is 5.91 Å². The average molecular weight is 488 g/mol. The number of nitrogens with two attached hydrogens (primary N) is 1. The van der Waals surface area contributed by atoms with Crippen molar-refractivity contribution in [3.63, 3.8) is 0 Å². The van der Waals surface area contributed by atoms with Gasteiger partial charge < -0.3 is 24.7 Å². The smallest absolute Gasteiger partial charge is 0.248 e. The highest BCUT2D eigenvalue weighted by Gasteiger charge is 2.39. The molecule has 8 nitrogen and oxygen atoms in total. The van der Waals surface area contributed by atoms with E-state index < -0.39 is 11.7 Å². The van der Waals surface area contributed by atoms with Crippen LogP contribution in [-0.4, -0.2) is 44.1 Å². The molecule has 0 radical (unpaired) electrons. The van der Waals surface area contributed by atoms with E-state index in [0.717, 1.165) is 34.0 Å². The van der Waals surface area contributed by atoms with Gasteiger partial charge in [0, 0.05) is 30.9 Å². The monoisotopic (exact) mass is 487 g/mol. The first-order chi connectivity index (χ1) is 17.4. The second-order valence-electron chi connectivity index (χ2n) is 8.17. The van der Waals surface area contributed by atoms with Gasteiger partial charge in [0.1, 0.15) is 17.2 Å². The molecule has 0 aliphatic heterocycles. The third kappa shape index (κ3) is 4.44. The van der Waals surface area contributed by atoms with E-state index in [0.29, 0.717) is 16.8 Å². The van der Waals surface area contributed by atoms with E-state index in [1.165, 1.54) is 14.2 Å². The molecule has 0 aliphatic rings. The minimum Gasteiger partial charge on any atom is -0.497 e. The summed E-state index contributed by atoms with van der Waals surface area (Å²) in [4.78, 5) is 12.0. The van der Waals surface area contributed by atoms with Crippen molar-refractivity contribution in [2.24, 2.45) is 5.73 Å². The normalized spacial score (nSPS) is 11.4. The van der Waals surface area contributed by atoms with Crippen LogP contribution in [-0.2, 0) is 15.3 Å². The summed E-state index contributed by atoms with van der Waals surface area (Å²) in [5.41, 5.74) is 10.4. The minimum atomic E-state index is -1.39. The van der Waals surface area contributed by atoms with Crippen molar-refractivity contribution in [1.82, 2.24) is 9.78 Å². The second-order valence-corrected chi connectivity index (χ2v) is 8.17. The molecular weight excluding hydrogens is 458 g/mol. The lowest BCUT2D eigenvalue weighted by molar-refractivity contribution is -0.186. The number of amides is 1. The molecule has 1 amide bonds. The van der Waals surface area contributed by atoms with E-state index in [1.807, 2.05) is 78.3 Å². The molecule has 0 unspecified atom stereocenters. The van der Waals surface area contributed by atoms with Gasteiger partial charge in [-0.25, -0.2) is 4.68 Å². The fourth-order valence-electron chi connectivity index (χ4n) is 4.20. The van der Waals surface area contributed by atoms with Gasteiger partial charge in [-0.1, -0.05) is 12.1 Å². The van der Waals surface area contributed by atoms with Gasteiger partial charge in [-0.05, 0) is 73.2 Å². The summed E-state index contributed by atoms with van der Waals surface area (Å²) >= 11 is 0. The number of rotatable bonds is 9. The Morgan fingerprint density at radius 3 is 1.94 bits per heavy atom. The quantitative estimate of drug-likeness (QED) is 0.350. The van der Waals surface area contributed by atoms with Gasteiger partial charge in [-0.3, -0.25) is 4.79 Å². The third-order valence-corrected chi connectivity index (χ3v) is 6.21. The number of ether oxygens (including phenoxy) is 4. The molecule has 0 saturated carbocycles. The van der Waals surface area contributed by atoms with Crippen LogP contribution in [0.15, 0.2) is 72.8 Å². The fraction of sp³-hybridized carbons (Fsp3) is 0.214. The number of primary amides is 1. The third-order valence-electron chi connectivity index (χ3n) is 6.21. The number of methoxy groups -OCH3 is 4. The van der Waals surface area contributed by atoms with Crippen molar-refractivity contribution in [1.29, 1.82) is 0 Å². The van der Waals surface area contributed by atoms with Crippen LogP contribution >= 0.6 is 0 Å². The second kappa shape index (κ2) is 10.2. The predicted molar refractivity (Wildman–Crippen MR) is 137 cm³/mol. The molecule has 0 saturated heterocycles. The van der Waals surface area contributed by atoms with Gasteiger partial charge in [0.2, 0.25) is 11.7 Å². The zero-order valence-electron chi connectivity index (χ0n) is 20.9. The van der Waals surface area contributed by atoms with Crippen molar-refractivity contribution in [3.05, 3.63) is 95.2 Å². The Morgan fingerprint density at radius 1 is 0.833 bits per heavy atom. The van der Waals surface area contributed by atoms with E-state index in [9.17, 15) is 4.79 Å². The summed E-state index contributed by atoms with van der Waals surface area (Å²) in [7, 11) is 6.32. The topological polar surface area (TPSA) is 97.8 Å². The maximum absolute atomic E-state index is 12.0. The van der Waals surface area contributed by atoms with Crippen LogP contribution in [0.2, 0.25) is 0 Å². The molecule has 0 fully saturated rings. The van der Waals surface area contributed by atoms with E-state index in [1.54, 1.807) is 20.3 Å². The summed E-state index contributed by atoms with van der Waals surface area (Å²) in [5.74, 6) is -0.440. The van der Waals surface area contributed by atoms with Crippen LogP contribution < -0.4 is 15.2 Å². The highest BCUT2D eigenvalue weighted by molar-refractivity contribution is 5.94. The molecule has 186 valence electrons. The first-order valence-corrected chi connectivity index (χ1v) is 11.3. The number of carbonyl (C=O) groups excluding carboxylic acids is 1. The van der Waals surface area contributed by atoms with Crippen LogP contribution in [0.4, 0.5) is 0 Å². The Bertz CT molecular complexity index is 1290. The number of hydrogen-bond donors (Lipinski definition) is 1. The van der Waals surface area contributed by atoms with Crippen LogP contribution in [0.5, 0.6) is 11.5 Å². The number of aryl methyl sites for hydroxylation is 1. The van der Waals surface area contributed by atoms with Gasteiger partial charge in [0.25, 0.3) is 0 Å². The largest absolute Gasteiger partial charge is 0.497 e. The average Bonchev–Trinajstić information content (AvgIpc) is 3.36. The zero-order chi connectivity index (χ0) is 25.9. The Morgan fingerprint density at radius 2 is 1.42 bits per heavy atom. The summed E-state index contributed by atoms with van der Waals surface area (Å²) in [6.07, 6.45) is 0. The number of benzene rings is 3. The van der Waals surface area contributed by atoms with Crippen molar-refractivity contribution in [3.8, 4) is 28.4 Å². The van der Waals surface area contributed by atoms with E-state index in [2.05, 4.69) is 0 Å². The predicted octanol–water partition coefficient (Wildman–Crippen LogP) is 4.46. The maximum Gasteiger partial charge on any atom is 0.248 e. The molecule has 36 heavy (non-hydrogen) atoms. The van der Waals surface area contributed by atoms with Crippen molar-refractivity contribution in [2.75, 3.05) is 28.4 Å². The molecule has 1 heterocycles. The summed E-state index contributed by atoms with van der Waals surface area (Å²) in [5, 5.41) is 4.92. The molecule has 4 rings (SSSR count). The van der Waals surface area contributed by atoms with Crippen LogP contribution in [0, 0.1) is 6.92 Å². The van der Waals surface area contributed by atoms with E-state index >= 15 is 0 Å². The highest BCUT2D eigenvalue weighted by atomic mass is 16.7. The standard InChI is InChI=1S/C28H29N3O5/c1-18-6-9-20(16-24(18)27(29)32)28(35-4,36-5)26-17-25(19-7-12-22(33-2)13-8-19)31(30-26)21-10-14-23(34-3)15-11-21/h6-17H,1-5H3,(H2,29,32). The van der Waals surface area contributed by atoms with Gasteiger partial charge in [-0.15, -0.1) is 0 Å². The van der Waals surface area contributed by atoms with Crippen LogP contribution in [0.25, 0.3) is 16.9 Å². The molecule has 2 N–H and O–H groups in total. The Kier molecular flexibility index (Phi) is 7.10. The number of nitrogens with zero attached hydrogens (tertiary/aromatic N) is 2. The van der Waals surface area contributed by atoms with Crippen LogP contribution in [0.3, 0.4) is 0 Å². The zero-order valence-corrected chi connectivity index (χ0v) is 20.9. The lowest BCUT2D eigenvalue weighted by atomic mass is 9.96. The van der Waals surface area contributed by atoms with Crippen LogP contribution in [0.1, 0.15) is 27.2 Å². The van der Waals surface area contributed by atoms with Crippen molar-refractivity contribution in [2.45, 2.75) is 12.7 Å². The molecule has 3 aromatic carbocycles. The van der Waals surface area contributed by atoms with Gasteiger partial charge in [-0.2, -0.15) is 5.10 Å². The highest BCUT2D eigenvalue weighted by Crippen LogP contribution is 2.37. The minimum absolute atomic E-state index is 0.385. The first-order valence-electron chi connectivity index (χ1n) is 11.3. The van der Waals surface area contributed by atoms with Gasteiger partial charge in [0.15, 0.2) is 0 Å². The summed E-state index contributed by atoms with van der Waals surface area (Å²) in [6, 6.07) is 22.5. The number of carbonyl (C=O) groups is 1. The molecular formula is C28H29N3O5. The first kappa shape index (κ1) is 25.0. The Balaban J connectivity index is 1.94. The SMILES string of the molecule is COc1ccc(-c2cc(C(OC)(OC)c3ccc(C)c(C(N)=O)c3)nn2-c2ccc(OC)cc2)cc1.